The zero-order valence-corrected chi connectivity index (χ0v) is 19.5. The minimum Gasteiger partial charge on any atom is -0.487 e. The molecule has 0 saturated carbocycles. The highest BCUT2D eigenvalue weighted by atomic mass is 16.5. The number of benzene rings is 4. The average molecular weight is 466 g/mol. The normalized spacial score (nSPS) is 10.3. The van der Waals surface area contributed by atoms with Crippen LogP contribution in [0.1, 0.15) is 21.5 Å². The number of carbonyl (C=O) groups is 2. The van der Waals surface area contributed by atoms with Crippen LogP contribution in [0.25, 0.3) is 0 Å². The van der Waals surface area contributed by atoms with Gasteiger partial charge in [-0.1, -0.05) is 60.2 Å². The van der Waals surface area contributed by atoms with Crippen molar-refractivity contribution in [2.75, 3.05) is 22.5 Å². The third-order valence-electron chi connectivity index (χ3n) is 5.27. The molecule has 4 aromatic rings. The standard InChI is InChI=1S/C29H27N3O3/c1-21-8-7-11-23(18-21)29(34)32-25-16-14-24(15-17-25)31-28(33)19-30-26-12-5-6-13-27(26)35-20-22-9-3-2-4-10-22/h2-18,30H,19-20H2,1H3,(H,31,33)(H,32,34). The summed E-state index contributed by atoms with van der Waals surface area (Å²) in [7, 11) is 0. The number of nitrogens with one attached hydrogen (secondary N) is 3. The van der Waals surface area contributed by atoms with Gasteiger partial charge in [0.2, 0.25) is 5.91 Å². The summed E-state index contributed by atoms with van der Waals surface area (Å²) >= 11 is 0. The molecule has 0 heterocycles. The van der Waals surface area contributed by atoms with Gasteiger partial charge < -0.3 is 20.7 Å². The van der Waals surface area contributed by atoms with Gasteiger partial charge in [-0.3, -0.25) is 9.59 Å². The van der Waals surface area contributed by atoms with Gasteiger partial charge in [-0.25, -0.2) is 0 Å². The van der Waals surface area contributed by atoms with Gasteiger partial charge in [-0.2, -0.15) is 0 Å². The maximum atomic E-state index is 12.5. The molecule has 0 aromatic heterocycles. The molecule has 0 unspecified atom stereocenters. The molecular weight excluding hydrogens is 438 g/mol. The Labute approximate surface area is 205 Å². The molecule has 6 nitrogen and oxygen atoms in total. The summed E-state index contributed by atoms with van der Waals surface area (Å²) in [5.41, 5.74) is 4.72. The van der Waals surface area contributed by atoms with Crippen molar-refractivity contribution in [3.05, 3.63) is 120 Å². The van der Waals surface area contributed by atoms with Gasteiger partial charge in [-0.15, -0.1) is 0 Å². The molecule has 2 amide bonds. The van der Waals surface area contributed by atoms with Crippen molar-refractivity contribution in [3.63, 3.8) is 0 Å². The molecule has 0 atom stereocenters. The maximum absolute atomic E-state index is 12.5. The van der Waals surface area contributed by atoms with E-state index in [1.165, 1.54) is 0 Å². The third-order valence-corrected chi connectivity index (χ3v) is 5.27. The summed E-state index contributed by atoms with van der Waals surface area (Å²) in [5.74, 6) is 0.306. The van der Waals surface area contributed by atoms with Crippen LogP contribution in [0.2, 0.25) is 0 Å². The van der Waals surface area contributed by atoms with E-state index < -0.39 is 0 Å². The first kappa shape index (κ1) is 23.6. The first-order chi connectivity index (χ1) is 17.1. The number of aryl methyl sites for hydroxylation is 1. The number of hydrogen-bond donors (Lipinski definition) is 3. The number of carbonyl (C=O) groups excluding carboxylic acids is 2. The second-order valence-electron chi connectivity index (χ2n) is 8.07. The first-order valence-corrected chi connectivity index (χ1v) is 11.3. The molecular formula is C29H27N3O3. The fourth-order valence-electron chi connectivity index (χ4n) is 3.48. The van der Waals surface area contributed by atoms with Crippen LogP contribution in [0.5, 0.6) is 5.75 Å². The largest absolute Gasteiger partial charge is 0.487 e. The topological polar surface area (TPSA) is 79.5 Å². The van der Waals surface area contributed by atoms with E-state index in [0.29, 0.717) is 29.3 Å². The highest BCUT2D eigenvalue weighted by Gasteiger charge is 2.09. The molecule has 176 valence electrons. The van der Waals surface area contributed by atoms with Crippen molar-refractivity contribution in [1.82, 2.24) is 0 Å². The van der Waals surface area contributed by atoms with Crippen molar-refractivity contribution in [2.45, 2.75) is 13.5 Å². The van der Waals surface area contributed by atoms with Crippen LogP contribution >= 0.6 is 0 Å². The number of anilines is 3. The minimum atomic E-state index is -0.195. The highest BCUT2D eigenvalue weighted by molar-refractivity contribution is 6.04. The quantitative estimate of drug-likeness (QED) is 0.289. The van der Waals surface area contributed by atoms with Crippen LogP contribution in [0.4, 0.5) is 17.1 Å². The second-order valence-corrected chi connectivity index (χ2v) is 8.07. The Hall–Kier alpha value is -4.58. The van der Waals surface area contributed by atoms with E-state index in [2.05, 4.69) is 16.0 Å². The predicted octanol–water partition coefficient (Wildman–Crippen LogP) is 5.88. The third kappa shape index (κ3) is 6.95. The van der Waals surface area contributed by atoms with Crippen molar-refractivity contribution in [2.24, 2.45) is 0 Å². The van der Waals surface area contributed by atoms with Crippen LogP contribution in [0, 0.1) is 6.92 Å². The summed E-state index contributed by atoms with van der Waals surface area (Å²) in [4.78, 5) is 24.9. The molecule has 0 saturated heterocycles. The van der Waals surface area contributed by atoms with Crippen molar-refractivity contribution < 1.29 is 14.3 Å². The lowest BCUT2D eigenvalue weighted by Gasteiger charge is -2.13. The fourth-order valence-corrected chi connectivity index (χ4v) is 3.48. The zero-order valence-electron chi connectivity index (χ0n) is 19.5. The second kappa shape index (κ2) is 11.5. The Bertz CT molecular complexity index is 1290. The first-order valence-electron chi connectivity index (χ1n) is 11.3. The monoisotopic (exact) mass is 465 g/mol. The number of para-hydroxylation sites is 2. The van der Waals surface area contributed by atoms with Gasteiger partial charge >= 0.3 is 0 Å². The summed E-state index contributed by atoms with van der Waals surface area (Å²) in [6, 6.07) is 31.8. The number of amides is 2. The lowest BCUT2D eigenvalue weighted by molar-refractivity contribution is -0.114. The van der Waals surface area contributed by atoms with Gasteiger partial charge in [-0.05, 0) is 61.0 Å². The minimum absolute atomic E-state index is 0.0809. The van der Waals surface area contributed by atoms with E-state index in [4.69, 9.17) is 4.74 Å². The van der Waals surface area contributed by atoms with Gasteiger partial charge in [0, 0.05) is 16.9 Å². The van der Waals surface area contributed by atoms with Crippen LogP contribution in [-0.2, 0) is 11.4 Å². The van der Waals surface area contributed by atoms with Gasteiger partial charge in [0.15, 0.2) is 0 Å². The Morgan fingerprint density at radius 1 is 0.743 bits per heavy atom. The van der Waals surface area contributed by atoms with Crippen molar-refractivity contribution >= 4 is 28.9 Å². The number of hydrogen-bond acceptors (Lipinski definition) is 4. The van der Waals surface area contributed by atoms with Crippen LogP contribution < -0.4 is 20.7 Å². The van der Waals surface area contributed by atoms with E-state index in [9.17, 15) is 9.59 Å². The van der Waals surface area contributed by atoms with Crippen LogP contribution in [0.15, 0.2) is 103 Å². The highest BCUT2D eigenvalue weighted by Crippen LogP contribution is 2.24. The van der Waals surface area contributed by atoms with Crippen molar-refractivity contribution in [1.29, 1.82) is 0 Å². The Kier molecular flexibility index (Phi) is 7.76. The lowest BCUT2D eigenvalue weighted by atomic mass is 10.1. The zero-order chi connectivity index (χ0) is 24.5. The molecule has 4 rings (SSSR count). The smallest absolute Gasteiger partial charge is 0.255 e. The van der Waals surface area contributed by atoms with Gasteiger partial charge in [0.25, 0.3) is 5.91 Å². The summed E-state index contributed by atoms with van der Waals surface area (Å²) < 4.78 is 5.93. The van der Waals surface area contributed by atoms with E-state index in [1.807, 2.05) is 79.7 Å². The Morgan fingerprint density at radius 3 is 2.17 bits per heavy atom. The average Bonchev–Trinajstić information content (AvgIpc) is 2.88. The van der Waals surface area contributed by atoms with E-state index in [0.717, 1.165) is 16.8 Å². The van der Waals surface area contributed by atoms with Crippen LogP contribution in [0.3, 0.4) is 0 Å². The van der Waals surface area contributed by atoms with Crippen LogP contribution in [-0.4, -0.2) is 18.4 Å². The van der Waals surface area contributed by atoms with Gasteiger partial charge in [0.05, 0.1) is 12.2 Å². The molecule has 0 spiro atoms. The number of rotatable bonds is 9. The molecule has 3 N–H and O–H groups in total. The molecule has 0 aliphatic rings. The summed E-state index contributed by atoms with van der Waals surface area (Å²) in [6.45, 7) is 2.47. The lowest BCUT2D eigenvalue weighted by Crippen LogP contribution is -2.22. The summed E-state index contributed by atoms with van der Waals surface area (Å²) in [5, 5.41) is 8.85. The molecule has 0 bridgehead atoms. The van der Waals surface area contributed by atoms with Crippen molar-refractivity contribution in [3.8, 4) is 5.75 Å². The van der Waals surface area contributed by atoms with E-state index >= 15 is 0 Å². The maximum Gasteiger partial charge on any atom is 0.255 e. The molecule has 6 heteroatoms. The van der Waals surface area contributed by atoms with E-state index in [-0.39, 0.29) is 18.4 Å². The van der Waals surface area contributed by atoms with E-state index in [1.54, 1.807) is 30.3 Å². The SMILES string of the molecule is Cc1cccc(C(=O)Nc2ccc(NC(=O)CNc3ccccc3OCc3ccccc3)cc2)c1. The Morgan fingerprint density at radius 2 is 1.43 bits per heavy atom. The molecule has 0 aliphatic carbocycles. The molecule has 35 heavy (non-hydrogen) atoms. The predicted molar refractivity (Wildman–Crippen MR) is 140 cm³/mol. The molecule has 4 aromatic carbocycles. The fraction of sp³-hybridized carbons (Fsp3) is 0.103. The van der Waals surface area contributed by atoms with Gasteiger partial charge in [0.1, 0.15) is 12.4 Å². The molecule has 0 fully saturated rings. The number of ether oxygens (including phenoxy) is 1. The Balaban J connectivity index is 1.28. The summed E-state index contributed by atoms with van der Waals surface area (Å²) in [6.07, 6.45) is 0. The molecule has 0 aliphatic heterocycles. The molecule has 0 radical (unpaired) electrons.